The fourth-order valence-corrected chi connectivity index (χ4v) is 3.13. The zero-order valence-corrected chi connectivity index (χ0v) is 14.8. The summed E-state index contributed by atoms with van der Waals surface area (Å²) in [6.45, 7) is 1.38. The summed E-state index contributed by atoms with van der Waals surface area (Å²) >= 11 is 0. The maximum Gasteiger partial charge on any atom is 0.327 e. The molecule has 0 radical (unpaired) electrons. The van der Waals surface area contributed by atoms with Crippen molar-refractivity contribution in [1.29, 1.82) is 5.26 Å². The van der Waals surface area contributed by atoms with Gasteiger partial charge in [-0.3, -0.25) is 9.10 Å². The maximum absolute atomic E-state index is 12.1. The van der Waals surface area contributed by atoms with E-state index in [9.17, 15) is 13.2 Å². The van der Waals surface area contributed by atoms with Crippen molar-refractivity contribution in [3.8, 4) is 6.07 Å². The minimum absolute atomic E-state index is 0.00984. The van der Waals surface area contributed by atoms with Gasteiger partial charge in [-0.2, -0.15) is 5.26 Å². The molecule has 0 spiro atoms. The Bertz CT molecular complexity index is 899. The third kappa shape index (κ3) is 5.06. The minimum Gasteiger partial charge on any atom is -0.459 e. The second kappa shape index (κ2) is 7.81. The number of ether oxygens (including phenoxy) is 1. The van der Waals surface area contributed by atoms with Gasteiger partial charge >= 0.3 is 5.97 Å². The van der Waals surface area contributed by atoms with Crippen LogP contribution in [0.5, 0.6) is 0 Å². The first-order valence-electron chi connectivity index (χ1n) is 7.49. The van der Waals surface area contributed by atoms with Crippen LogP contribution in [0.25, 0.3) is 0 Å². The van der Waals surface area contributed by atoms with Crippen LogP contribution in [0, 0.1) is 18.3 Å². The lowest BCUT2D eigenvalue weighted by Gasteiger charge is -2.23. The SMILES string of the molecule is Cc1ccccc1N(CC(=O)OCc1ccc(C#N)cc1)S(C)(=O)=O. The molecule has 0 saturated heterocycles. The van der Waals surface area contributed by atoms with E-state index < -0.39 is 22.5 Å². The Morgan fingerprint density at radius 1 is 1.16 bits per heavy atom. The number of nitriles is 1. The number of nitrogens with zero attached hydrogens (tertiary/aromatic N) is 2. The van der Waals surface area contributed by atoms with Gasteiger partial charge in [-0.15, -0.1) is 0 Å². The van der Waals surface area contributed by atoms with Crippen LogP contribution in [0.4, 0.5) is 5.69 Å². The Kier molecular flexibility index (Phi) is 5.78. The van der Waals surface area contributed by atoms with Gasteiger partial charge in [-0.25, -0.2) is 8.42 Å². The number of rotatable bonds is 6. The summed E-state index contributed by atoms with van der Waals surface area (Å²) in [7, 11) is -3.63. The third-order valence-electron chi connectivity index (χ3n) is 3.54. The van der Waals surface area contributed by atoms with E-state index >= 15 is 0 Å². The van der Waals surface area contributed by atoms with E-state index in [1.165, 1.54) is 0 Å². The average molecular weight is 358 g/mol. The average Bonchev–Trinajstić information content (AvgIpc) is 2.58. The predicted molar refractivity (Wildman–Crippen MR) is 94.3 cm³/mol. The summed E-state index contributed by atoms with van der Waals surface area (Å²) < 4.78 is 30.3. The number of esters is 1. The van der Waals surface area contributed by atoms with E-state index in [1.807, 2.05) is 6.07 Å². The Balaban J connectivity index is 2.07. The summed E-state index contributed by atoms with van der Waals surface area (Å²) in [5.74, 6) is -0.655. The van der Waals surface area contributed by atoms with Gasteiger partial charge in [-0.05, 0) is 36.2 Å². The van der Waals surface area contributed by atoms with Gasteiger partial charge in [0.2, 0.25) is 10.0 Å². The maximum atomic E-state index is 12.1. The molecular formula is C18H18N2O4S. The molecule has 0 N–H and O–H groups in total. The fraction of sp³-hybridized carbons (Fsp3) is 0.222. The topological polar surface area (TPSA) is 87.5 Å². The smallest absolute Gasteiger partial charge is 0.327 e. The van der Waals surface area contributed by atoms with Crippen LogP contribution in [0.15, 0.2) is 48.5 Å². The Labute approximate surface area is 147 Å². The van der Waals surface area contributed by atoms with Crippen LogP contribution in [-0.4, -0.2) is 27.2 Å². The lowest BCUT2D eigenvalue weighted by Crippen LogP contribution is -2.36. The molecule has 0 amide bonds. The van der Waals surface area contributed by atoms with E-state index in [0.717, 1.165) is 16.1 Å². The lowest BCUT2D eigenvalue weighted by molar-refractivity contribution is -0.143. The van der Waals surface area contributed by atoms with E-state index in [4.69, 9.17) is 10.00 Å². The monoisotopic (exact) mass is 358 g/mol. The van der Waals surface area contributed by atoms with E-state index in [2.05, 4.69) is 0 Å². The molecule has 130 valence electrons. The summed E-state index contributed by atoms with van der Waals surface area (Å²) in [4.78, 5) is 12.1. The molecule has 2 aromatic carbocycles. The number of anilines is 1. The van der Waals surface area contributed by atoms with Crippen LogP contribution in [0.2, 0.25) is 0 Å². The van der Waals surface area contributed by atoms with Gasteiger partial charge in [0.05, 0.1) is 23.6 Å². The van der Waals surface area contributed by atoms with Crippen molar-refractivity contribution in [3.05, 3.63) is 65.2 Å². The fourth-order valence-electron chi connectivity index (χ4n) is 2.23. The van der Waals surface area contributed by atoms with E-state index in [0.29, 0.717) is 16.8 Å². The molecule has 6 nitrogen and oxygen atoms in total. The molecule has 25 heavy (non-hydrogen) atoms. The first-order valence-corrected chi connectivity index (χ1v) is 9.34. The van der Waals surface area contributed by atoms with Crippen LogP contribution >= 0.6 is 0 Å². The van der Waals surface area contributed by atoms with Gasteiger partial charge in [0, 0.05) is 0 Å². The Morgan fingerprint density at radius 3 is 2.36 bits per heavy atom. The molecule has 0 atom stereocenters. The zero-order valence-electron chi connectivity index (χ0n) is 14.0. The molecule has 0 fully saturated rings. The molecule has 0 aliphatic heterocycles. The van der Waals surface area contributed by atoms with Crippen molar-refractivity contribution in [2.24, 2.45) is 0 Å². The molecule has 0 heterocycles. The number of para-hydroxylation sites is 1. The molecule has 0 aromatic heterocycles. The number of carbonyl (C=O) groups is 1. The standard InChI is InChI=1S/C18H18N2O4S/c1-14-5-3-4-6-17(14)20(25(2,22)23)12-18(21)24-13-16-9-7-15(11-19)8-10-16/h3-10H,12-13H2,1-2H3. The number of aryl methyl sites for hydroxylation is 1. The second-order valence-electron chi connectivity index (χ2n) is 5.53. The number of carbonyl (C=O) groups excluding carboxylic acids is 1. The van der Waals surface area contributed by atoms with Gasteiger partial charge in [-0.1, -0.05) is 30.3 Å². The highest BCUT2D eigenvalue weighted by atomic mass is 32.2. The van der Waals surface area contributed by atoms with Crippen molar-refractivity contribution in [2.45, 2.75) is 13.5 Å². The quantitative estimate of drug-likeness (QED) is 0.740. The molecule has 2 rings (SSSR count). The largest absolute Gasteiger partial charge is 0.459 e. The molecule has 0 aliphatic carbocycles. The van der Waals surface area contributed by atoms with Crippen molar-refractivity contribution in [3.63, 3.8) is 0 Å². The van der Waals surface area contributed by atoms with Gasteiger partial charge in [0.1, 0.15) is 13.2 Å². The summed E-state index contributed by atoms with van der Waals surface area (Å²) in [5, 5.41) is 8.75. The molecule has 0 unspecified atom stereocenters. The molecule has 0 aliphatic rings. The number of sulfonamides is 1. The molecular weight excluding hydrogens is 340 g/mol. The first-order chi connectivity index (χ1) is 11.8. The highest BCUT2D eigenvalue weighted by molar-refractivity contribution is 7.92. The van der Waals surface area contributed by atoms with Crippen molar-refractivity contribution in [2.75, 3.05) is 17.1 Å². The minimum atomic E-state index is -3.63. The first kappa shape index (κ1) is 18.5. The van der Waals surface area contributed by atoms with Crippen molar-refractivity contribution in [1.82, 2.24) is 0 Å². The van der Waals surface area contributed by atoms with Gasteiger partial charge < -0.3 is 4.74 Å². The van der Waals surface area contributed by atoms with Gasteiger partial charge in [0.25, 0.3) is 0 Å². The molecule has 2 aromatic rings. The normalized spacial score (nSPS) is 10.8. The summed E-state index contributed by atoms with van der Waals surface area (Å²) in [6, 6.07) is 15.5. The van der Waals surface area contributed by atoms with Crippen LogP contribution < -0.4 is 4.31 Å². The number of hydrogen-bond donors (Lipinski definition) is 0. The number of hydrogen-bond acceptors (Lipinski definition) is 5. The van der Waals surface area contributed by atoms with Crippen molar-refractivity contribution >= 4 is 21.7 Å². The second-order valence-corrected chi connectivity index (χ2v) is 7.43. The Morgan fingerprint density at radius 2 is 1.80 bits per heavy atom. The van der Waals surface area contributed by atoms with E-state index in [-0.39, 0.29) is 6.61 Å². The molecule has 0 saturated carbocycles. The highest BCUT2D eigenvalue weighted by Gasteiger charge is 2.22. The van der Waals surface area contributed by atoms with Crippen LogP contribution in [0.1, 0.15) is 16.7 Å². The molecule has 0 bridgehead atoms. The van der Waals surface area contributed by atoms with Crippen LogP contribution in [-0.2, 0) is 26.2 Å². The summed E-state index contributed by atoms with van der Waals surface area (Å²) in [5.41, 5.74) is 2.42. The van der Waals surface area contributed by atoms with Crippen molar-refractivity contribution < 1.29 is 17.9 Å². The highest BCUT2D eigenvalue weighted by Crippen LogP contribution is 2.22. The lowest BCUT2D eigenvalue weighted by atomic mass is 10.2. The van der Waals surface area contributed by atoms with Gasteiger partial charge in [0.15, 0.2) is 0 Å². The van der Waals surface area contributed by atoms with E-state index in [1.54, 1.807) is 55.5 Å². The zero-order chi connectivity index (χ0) is 18.4. The van der Waals surface area contributed by atoms with Crippen LogP contribution in [0.3, 0.4) is 0 Å². The predicted octanol–water partition coefficient (Wildman–Crippen LogP) is 2.38. The number of benzene rings is 2. The third-order valence-corrected chi connectivity index (χ3v) is 4.67. The molecule has 7 heteroatoms. The Hall–Kier alpha value is -2.85. The summed E-state index contributed by atoms with van der Waals surface area (Å²) in [6.07, 6.45) is 1.05.